The lowest BCUT2D eigenvalue weighted by atomic mass is 10.0. The second kappa shape index (κ2) is 5.45. The Labute approximate surface area is 112 Å². The smallest absolute Gasteiger partial charge is 0.170 e. The molecule has 5 heteroatoms. The molecule has 0 aliphatic rings. The van der Waals surface area contributed by atoms with E-state index in [0.29, 0.717) is 22.7 Å². The van der Waals surface area contributed by atoms with Gasteiger partial charge >= 0.3 is 0 Å². The van der Waals surface area contributed by atoms with Gasteiger partial charge in [-0.2, -0.15) is 0 Å². The van der Waals surface area contributed by atoms with Crippen molar-refractivity contribution in [3.63, 3.8) is 0 Å². The maximum absolute atomic E-state index is 13.4. The van der Waals surface area contributed by atoms with Gasteiger partial charge < -0.3 is 0 Å². The van der Waals surface area contributed by atoms with Crippen LogP contribution in [0.3, 0.4) is 0 Å². The van der Waals surface area contributed by atoms with Crippen LogP contribution in [0.2, 0.25) is 5.02 Å². The van der Waals surface area contributed by atoms with E-state index in [4.69, 9.17) is 11.6 Å². The van der Waals surface area contributed by atoms with Gasteiger partial charge in [0.2, 0.25) is 0 Å². The minimum Gasteiger partial charge on any atom is -0.294 e. The van der Waals surface area contributed by atoms with E-state index in [1.165, 1.54) is 0 Å². The molecular formula is C14H8ClF3O. The van der Waals surface area contributed by atoms with Crippen LogP contribution in [0.25, 0.3) is 0 Å². The summed E-state index contributed by atoms with van der Waals surface area (Å²) in [5.41, 5.74) is 0.0112. The van der Waals surface area contributed by atoms with Crippen LogP contribution in [0.15, 0.2) is 36.4 Å². The average Bonchev–Trinajstić information content (AvgIpc) is 2.36. The van der Waals surface area contributed by atoms with Gasteiger partial charge in [0, 0.05) is 17.5 Å². The number of carbonyl (C=O) groups excluding carboxylic acids is 1. The highest BCUT2D eigenvalue weighted by molar-refractivity contribution is 6.31. The molecule has 0 aliphatic carbocycles. The molecule has 0 unspecified atom stereocenters. The number of hydrogen-bond acceptors (Lipinski definition) is 1. The van der Waals surface area contributed by atoms with Gasteiger partial charge in [-0.15, -0.1) is 0 Å². The molecule has 0 bridgehead atoms. The van der Waals surface area contributed by atoms with Crippen molar-refractivity contribution >= 4 is 17.4 Å². The van der Waals surface area contributed by atoms with Crippen molar-refractivity contribution in [2.75, 3.05) is 0 Å². The minimum absolute atomic E-state index is 0.179. The van der Waals surface area contributed by atoms with Gasteiger partial charge in [-0.1, -0.05) is 29.8 Å². The number of benzene rings is 2. The molecule has 0 saturated heterocycles. The van der Waals surface area contributed by atoms with Gasteiger partial charge in [-0.25, -0.2) is 13.2 Å². The van der Waals surface area contributed by atoms with Gasteiger partial charge in [0.05, 0.1) is 5.56 Å². The quantitative estimate of drug-likeness (QED) is 0.610. The Morgan fingerprint density at radius 1 is 1.00 bits per heavy atom. The van der Waals surface area contributed by atoms with Crippen molar-refractivity contribution in [1.29, 1.82) is 0 Å². The number of halogens is 4. The predicted molar refractivity (Wildman–Crippen MR) is 65.8 cm³/mol. The predicted octanol–water partition coefficient (Wildman–Crippen LogP) is 4.18. The zero-order valence-electron chi connectivity index (χ0n) is 9.59. The van der Waals surface area contributed by atoms with Crippen molar-refractivity contribution in [2.45, 2.75) is 6.42 Å². The fourth-order valence-electron chi connectivity index (χ4n) is 1.65. The van der Waals surface area contributed by atoms with E-state index in [2.05, 4.69) is 0 Å². The molecule has 0 aliphatic heterocycles. The first kappa shape index (κ1) is 13.6. The molecule has 0 amide bonds. The lowest BCUT2D eigenvalue weighted by Crippen LogP contribution is -2.08. The lowest BCUT2D eigenvalue weighted by molar-refractivity contribution is 0.0988. The molecule has 0 aromatic heterocycles. The Morgan fingerprint density at radius 2 is 1.63 bits per heavy atom. The molecule has 2 aromatic rings. The number of Topliss-reactive ketones (excluding diaryl/α,β-unsaturated/α-hetero) is 1. The largest absolute Gasteiger partial charge is 0.294 e. The zero-order chi connectivity index (χ0) is 14.0. The summed E-state index contributed by atoms with van der Waals surface area (Å²) >= 11 is 5.87. The van der Waals surface area contributed by atoms with Gasteiger partial charge in [0.1, 0.15) is 5.82 Å². The normalized spacial score (nSPS) is 10.5. The highest BCUT2D eigenvalue weighted by atomic mass is 35.5. The number of carbonyl (C=O) groups is 1. The summed E-state index contributed by atoms with van der Waals surface area (Å²) in [7, 11) is 0. The molecule has 2 rings (SSSR count). The lowest BCUT2D eigenvalue weighted by Gasteiger charge is -2.05. The van der Waals surface area contributed by atoms with Crippen molar-refractivity contribution in [2.24, 2.45) is 0 Å². The van der Waals surface area contributed by atoms with E-state index in [0.717, 1.165) is 0 Å². The van der Waals surface area contributed by atoms with Gasteiger partial charge in [-0.3, -0.25) is 4.79 Å². The summed E-state index contributed by atoms with van der Waals surface area (Å²) in [5.74, 6) is -4.34. The summed E-state index contributed by atoms with van der Waals surface area (Å²) < 4.78 is 39.2. The van der Waals surface area contributed by atoms with Crippen molar-refractivity contribution < 1.29 is 18.0 Å². The molecule has 98 valence electrons. The Morgan fingerprint density at radius 3 is 2.32 bits per heavy atom. The molecule has 0 saturated carbocycles. The Balaban J connectivity index is 2.31. The number of hydrogen-bond donors (Lipinski definition) is 0. The molecule has 1 nitrogen and oxygen atoms in total. The van der Waals surface area contributed by atoms with E-state index >= 15 is 0 Å². The molecule has 0 fully saturated rings. The summed E-state index contributed by atoms with van der Waals surface area (Å²) in [4.78, 5) is 11.9. The van der Waals surface area contributed by atoms with E-state index in [1.807, 2.05) is 0 Å². The summed E-state index contributed by atoms with van der Waals surface area (Å²) in [6.07, 6.45) is -0.179. The van der Waals surface area contributed by atoms with Crippen molar-refractivity contribution in [3.8, 4) is 0 Å². The number of ketones is 1. The highest BCUT2D eigenvalue weighted by Crippen LogP contribution is 2.20. The summed E-state index contributed by atoms with van der Waals surface area (Å²) in [5, 5.41) is 0.360. The third kappa shape index (κ3) is 2.96. The topological polar surface area (TPSA) is 17.1 Å². The molecule has 0 spiro atoms. The van der Waals surface area contributed by atoms with E-state index < -0.39 is 28.8 Å². The fraction of sp³-hybridized carbons (Fsp3) is 0.0714. The fourth-order valence-corrected chi connectivity index (χ4v) is 1.85. The first-order valence-corrected chi connectivity index (χ1v) is 5.78. The monoisotopic (exact) mass is 284 g/mol. The summed E-state index contributed by atoms with van der Waals surface area (Å²) in [6.45, 7) is 0. The van der Waals surface area contributed by atoms with Gasteiger partial charge in [0.25, 0.3) is 0 Å². The van der Waals surface area contributed by atoms with E-state index in [9.17, 15) is 18.0 Å². The first-order valence-electron chi connectivity index (χ1n) is 5.40. The van der Waals surface area contributed by atoms with Crippen LogP contribution < -0.4 is 0 Å². The van der Waals surface area contributed by atoms with Crippen LogP contribution in [0.1, 0.15) is 15.9 Å². The van der Waals surface area contributed by atoms with Crippen LogP contribution in [0.4, 0.5) is 13.2 Å². The van der Waals surface area contributed by atoms with E-state index in [-0.39, 0.29) is 6.42 Å². The maximum atomic E-state index is 13.4. The average molecular weight is 285 g/mol. The minimum atomic E-state index is -1.33. The van der Waals surface area contributed by atoms with Crippen LogP contribution in [0.5, 0.6) is 0 Å². The Kier molecular flexibility index (Phi) is 3.90. The van der Waals surface area contributed by atoms with Crippen LogP contribution in [-0.2, 0) is 6.42 Å². The second-order valence-electron chi connectivity index (χ2n) is 3.94. The van der Waals surface area contributed by atoms with Crippen molar-refractivity contribution in [1.82, 2.24) is 0 Å². The maximum Gasteiger partial charge on any atom is 0.170 e. The van der Waals surface area contributed by atoms with Crippen molar-refractivity contribution in [3.05, 3.63) is 70.0 Å². The Hall–Kier alpha value is -1.81. The molecule has 0 radical (unpaired) electrons. The van der Waals surface area contributed by atoms with Gasteiger partial charge in [0.15, 0.2) is 17.4 Å². The van der Waals surface area contributed by atoms with Gasteiger partial charge in [-0.05, 0) is 17.7 Å². The second-order valence-corrected chi connectivity index (χ2v) is 4.34. The van der Waals surface area contributed by atoms with E-state index in [1.54, 1.807) is 24.3 Å². The van der Waals surface area contributed by atoms with Crippen LogP contribution in [-0.4, -0.2) is 5.78 Å². The molecule has 0 atom stereocenters. The third-order valence-corrected chi connectivity index (χ3v) is 2.99. The molecule has 19 heavy (non-hydrogen) atoms. The SMILES string of the molecule is O=C(Cc1ccccc1Cl)c1cc(F)c(F)cc1F. The Bertz CT molecular complexity index is 641. The molecule has 0 N–H and O–H groups in total. The highest BCUT2D eigenvalue weighted by Gasteiger charge is 2.17. The first-order chi connectivity index (χ1) is 8.99. The molecular weight excluding hydrogens is 277 g/mol. The third-order valence-electron chi connectivity index (χ3n) is 2.62. The zero-order valence-corrected chi connectivity index (χ0v) is 10.3. The standard InChI is InChI=1S/C14H8ClF3O/c15-10-4-2-1-3-8(10)5-14(19)9-6-12(17)13(18)7-11(9)16/h1-4,6-7H,5H2. The van der Waals surface area contributed by atoms with Crippen LogP contribution in [0, 0.1) is 17.5 Å². The summed E-state index contributed by atoms with van der Waals surface area (Å²) in [6, 6.07) is 7.48. The van der Waals surface area contributed by atoms with Crippen LogP contribution >= 0.6 is 11.6 Å². The molecule has 0 heterocycles. The molecule has 2 aromatic carbocycles. The number of rotatable bonds is 3.